The highest BCUT2D eigenvalue weighted by Gasteiger charge is 2.25. The first kappa shape index (κ1) is 19.4. The molecule has 1 atom stereocenters. The number of carbonyl (C=O) groups excluding carboxylic acids is 1. The Morgan fingerprint density at radius 1 is 1.37 bits per heavy atom. The third kappa shape index (κ3) is 4.16. The van der Waals surface area contributed by atoms with Crippen molar-refractivity contribution in [1.82, 2.24) is 4.90 Å². The first-order valence-corrected chi connectivity index (χ1v) is 9.54. The number of fused-ring (bicyclic) bond motifs is 1. The second-order valence-electron chi connectivity index (χ2n) is 7.43. The SMILES string of the molecule is COc1ccc2c(C)c(CCC(=O)N3CCC(C(C)N)CC3)c(=O)oc2c1. The summed E-state index contributed by atoms with van der Waals surface area (Å²) in [4.78, 5) is 26.9. The largest absolute Gasteiger partial charge is 0.497 e. The minimum atomic E-state index is -0.378. The minimum absolute atomic E-state index is 0.0896. The van der Waals surface area contributed by atoms with Crippen LogP contribution in [0, 0.1) is 12.8 Å². The standard InChI is InChI=1S/C21H28N2O4/c1-13-17-5-4-16(26-3)12-19(17)27-21(25)18(13)6-7-20(24)23-10-8-15(9-11-23)14(2)22/h4-5,12,14-15H,6-11,22H2,1-3H3. The average molecular weight is 372 g/mol. The predicted octanol–water partition coefficient (Wildman–Crippen LogP) is 2.63. The smallest absolute Gasteiger partial charge is 0.339 e. The lowest BCUT2D eigenvalue weighted by atomic mass is 9.90. The molecule has 0 aliphatic carbocycles. The number of hydrogen-bond acceptors (Lipinski definition) is 5. The number of hydrogen-bond donors (Lipinski definition) is 1. The van der Waals surface area contributed by atoms with E-state index < -0.39 is 0 Å². The van der Waals surface area contributed by atoms with Crippen molar-refractivity contribution in [2.75, 3.05) is 20.2 Å². The lowest BCUT2D eigenvalue weighted by molar-refractivity contribution is -0.132. The number of methoxy groups -OCH3 is 1. The van der Waals surface area contributed by atoms with Crippen molar-refractivity contribution in [2.45, 2.75) is 45.6 Å². The minimum Gasteiger partial charge on any atom is -0.497 e. The lowest BCUT2D eigenvalue weighted by Crippen LogP contribution is -2.42. The molecule has 2 N–H and O–H groups in total. The van der Waals surface area contributed by atoms with E-state index in [1.807, 2.05) is 30.9 Å². The van der Waals surface area contributed by atoms with Crippen molar-refractivity contribution in [1.29, 1.82) is 0 Å². The van der Waals surface area contributed by atoms with Crippen molar-refractivity contribution in [3.05, 3.63) is 39.7 Å². The maximum atomic E-state index is 12.6. The van der Waals surface area contributed by atoms with Crippen LogP contribution in [0.25, 0.3) is 11.0 Å². The van der Waals surface area contributed by atoms with Gasteiger partial charge in [-0.05, 0) is 56.7 Å². The van der Waals surface area contributed by atoms with Crippen LogP contribution in [0.4, 0.5) is 0 Å². The van der Waals surface area contributed by atoms with E-state index in [0.717, 1.165) is 36.9 Å². The monoisotopic (exact) mass is 372 g/mol. The maximum Gasteiger partial charge on any atom is 0.339 e. The fraction of sp³-hybridized carbons (Fsp3) is 0.524. The zero-order chi connectivity index (χ0) is 19.6. The van der Waals surface area contributed by atoms with Gasteiger partial charge in [0.25, 0.3) is 0 Å². The number of rotatable bonds is 5. The van der Waals surface area contributed by atoms with Crippen LogP contribution in [-0.4, -0.2) is 37.0 Å². The number of ether oxygens (including phenoxy) is 1. The maximum absolute atomic E-state index is 12.6. The van der Waals surface area contributed by atoms with Crippen molar-refractivity contribution < 1.29 is 13.9 Å². The summed E-state index contributed by atoms with van der Waals surface area (Å²) >= 11 is 0. The van der Waals surface area contributed by atoms with Gasteiger partial charge in [-0.15, -0.1) is 0 Å². The van der Waals surface area contributed by atoms with E-state index in [1.165, 1.54) is 0 Å². The van der Waals surface area contributed by atoms with Gasteiger partial charge >= 0.3 is 5.63 Å². The molecular formula is C21H28N2O4. The zero-order valence-corrected chi connectivity index (χ0v) is 16.3. The van der Waals surface area contributed by atoms with Gasteiger partial charge in [0.15, 0.2) is 0 Å². The van der Waals surface area contributed by atoms with Crippen LogP contribution in [0.2, 0.25) is 0 Å². The highest BCUT2D eigenvalue weighted by Crippen LogP contribution is 2.25. The molecule has 0 saturated carbocycles. The molecule has 0 spiro atoms. The Labute approximate surface area is 159 Å². The highest BCUT2D eigenvalue weighted by atomic mass is 16.5. The molecule has 1 aliphatic heterocycles. The lowest BCUT2D eigenvalue weighted by Gasteiger charge is -2.33. The van der Waals surface area contributed by atoms with Crippen LogP contribution >= 0.6 is 0 Å². The third-order valence-corrected chi connectivity index (χ3v) is 5.72. The van der Waals surface area contributed by atoms with Gasteiger partial charge in [0.1, 0.15) is 11.3 Å². The van der Waals surface area contributed by atoms with Gasteiger partial charge in [-0.25, -0.2) is 4.79 Å². The Hall–Kier alpha value is -2.34. The van der Waals surface area contributed by atoms with Gasteiger partial charge in [0.05, 0.1) is 7.11 Å². The second kappa shape index (κ2) is 8.13. The van der Waals surface area contributed by atoms with Gasteiger partial charge in [0.2, 0.25) is 5.91 Å². The first-order chi connectivity index (χ1) is 12.9. The highest BCUT2D eigenvalue weighted by molar-refractivity contribution is 5.82. The van der Waals surface area contributed by atoms with Crippen LogP contribution in [0.1, 0.15) is 37.3 Å². The summed E-state index contributed by atoms with van der Waals surface area (Å²) in [5.41, 5.74) is 7.53. The molecule has 146 valence electrons. The molecule has 1 amide bonds. The summed E-state index contributed by atoms with van der Waals surface area (Å²) in [6.45, 7) is 5.42. The number of carbonyl (C=O) groups is 1. The molecule has 2 aromatic rings. The summed E-state index contributed by atoms with van der Waals surface area (Å²) in [6, 6.07) is 5.61. The third-order valence-electron chi connectivity index (χ3n) is 5.72. The molecule has 1 unspecified atom stereocenters. The van der Waals surface area contributed by atoms with E-state index in [-0.39, 0.29) is 17.6 Å². The van der Waals surface area contributed by atoms with Crippen LogP contribution in [-0.2, 0) is 11.2 Å². The summed E-state index contributed by atoms with van der Waals surface area (Å²) in [5, 5.41) is 0.871. The zero-order valence-electron chi connectivity index (χ0n) is 16.3. The quantitative estimate of drug-likeness (QED) is 0.816. The molecule has 3 rings (SSSR count). The molecule has 6 nitrogen and oxygen atoms in total. The molecule has 1 fully saturated rings. The molecule has 1 aliphatic rings. The summed E-state index contributed by atoms with van der Waals surface area (Å²) in [7, 11) is 1.57. The Bertz CT molecular complexity index is 880. The van der Waals surface area contributed by atoms with Gasteiger partial charge < -0.3 is 19.8 Å². The van der Waals surface area contributed by atoms with E-state index in [1.54, 1.807) is 13.2 Å². The summed E-state index contributed by atoms with van der Waals surface area (Å²) in [5.74, 6) is 1.22. The molecule has 1 aromatic heterocycles. The topological polar surface area (TPSA) is 85.8 Å². The summed E-state index contributed by atoms with van der Waals surface area (Å²) in [6.07, 6.45) is 2.60. The van der Waals surface area contributed by atoms with E-state index in [9.17, 15) is 9.59 Å². The fourth-order valence-electron chi connectivity index (χ4n) is 3.86. The van der Waals surface area contributed by atoms with Crippen LogP contribution in [0.3, 0.4) is 0 Å². The fourth-order valence-corrected chi connectivity index (χ4v) is 3.86. The molecular weight excluding hydrogens is 344 g/mol. The number of likely N-dealkylation sites (tertiary alicyclic amines) is 1. The number of aryl methyl sites for hydroxylation is 1. The van der Waals surface area contributed by atoms with Crippen LogP contribution < -0.4 is 16.1 Å². The number of benzene rings is 1. The normalized spacial score (nSPS) is 16.5. The van der Waals surface area contributed by atoms with Gasteiger partial charge in [0, 0.05) is 42.6 Å². The molecule has 0 bridgehead atoms. The van der Waals surface area contributed by atoms with E-state index in [0.29, 0.717) is 35.7 Å². The number of nitrogens with two attached hydrogens (primary N) is 1. The molecule has 2 heterocycles. The van der Waals surface area contributed by atoms with Gasteiger partial charge in [-0.2, -0.15) is 0 Å². The number of amides is 1. The second-order valence-corrected chi connectivity index (χ2v) is 7.43. The van der Waals surface area contributed by atoms with E-state index >= 15 is 0 Å². The predicted molar refractivity (Wildman–Crippen MR) is 105 cm³/mol. The average Bonchev–Trinajstić information content (AvgIpc) is 2.67. The molecule has 27 heavy (non-hydrogen) atoms. The number of nitrogens with zero attached hydrogens (tertiary/aromatic N) is 1. The molecule has 0 radical (unpaired) electrons. The van der Waals surface area contributed by atoms with Gasteiger partial charge in [-0.1, -0.05) is 0 Å². The van der Waals surface area contributed by atoms with Crippen molar-refractivity contribution in [2.24, 2.45) is 11.7 Å². The Balaban J connectivity index is 1.70. The molecule has 1 aromatic carbocycles. The summed E-state index contributed by atoms with van der Waals surface area (Å²) < 4.78 is 10.6. The van der Waals surface area contributed by atoms with Crippen molar-refractivity contribution in [3.8, 4) is 5.75 Å². The van der Waals surface area contributed by atoms with Crippen LogP contribution in [0.5, 0.6) is 5.75 Å². The Morgan fingerprint density at radius 3 is 2.70 bits per heavy atom. The van der Waals surface area contributed by atoms with Crippen LogP contribution in [0.15, 0.2) is 27.4 Å². The van der Waals surface area contributed by atoms with E-state index in [2.05, 4.69) is 0 Å². The number of piperidine rings is 1. The molecule has 1 saturated heterocycles. The van der Waals surface area contributed by atoms with Crippen molar-refractivity contribution in [3.63, 3.8) is 0 Å². The first-order valence-electron chi connectivity index (χ1n) is 9.54. The molecule has 6 heteroatoms. The van der Waals surface area contributed by atoms with E-state index in [4.69, 9.17) is 14.9 Å². The van der Waals surface area contributed by atoms with Gasteiger partial charge in [-0.3, -0.25) is 4.79 Å². The Morgan fingerprint density at radius 2 is 2.07 bits per heavy atom. The van der Waals surface area contributed by atoms with Crippen molar-refractivity contribution >= 4 is 16.9 Å². The Kier molecular flexibility index (Phi) is 5.85.